The highest BCUT2D eigenvalue weighted by Gasteiger charge is 2.11. The number of hydrogen-bond donors (Lipinski definition) is 1. The Morgan fingerprint density at radius 1 is 1.33 bits per heavy atom. The van der Waals surface area contributed by atoms with Crippen LogP contribution in [0.25, 0.3) is 0 Å². The summed E-state index contributed by atoms with van der Waals surface area (Å²) in [6.07, 6.45) is 2.67. The van der Waals surface area contributed by atoms with Crippen molar-refractivity contribution in [3.63, 3.8) is 0 Å². The van der Waals surface area contributed by atoms with Gasteiger partial charge in [-0.2, -0.15) is 0 Å². The minimum Gasteiger partial charge on any atom is -0.376 e. The maximum absolute atomic E-state index is 6.09. The maximum Gasteiger partial charge on any atom is 0.152 e. The number of halogens is 2. The Balaban J connectivity index is 2.23. The maximum atomic E-state index is 6.09. The van der Waals surface area contributed by atoms with Crippen molar-refractivity contribution in [2.24, 2.45) is 0 Å². The largest absolute Gasteiger partial charge is 0.376 e. The molecule has 0 spiro atoms. The molecule has 2 rings (SSSR count). The van der Waals surface area contributed by atoms with Crippen LogP contribution in [0.5, 0.6) is 0 Å². The third kappa shape index (κ3) is 3.24. The summed E-state index contributed by atoms with van der Waals surface area (Å²) >= 11 is 9.49. The van der Waals surface area contributed by atoms with E-state index in [0.717, 1.165) is 16.6 Å². The van der Waals surface area contributed by atoms with Crippen LogP contribution < -0.4 is 5.32 Å². The van der Waals surface area contributed by atoms with Gasteiger partial charge in [-0.3, -0.25) is 0 Å². The minimum absolute atomic E-state index is 0.236. The third-order valence-electron chi connectivity index (χ3n) is 2.75. The van der Waals surface area contributed by atoms with Crippen LogP contribution in [0.4, 0.5) is 5.69 Å². The topological polar surface area (TPSA) is 24.9 Å². The van der Waals surface area contributed by atoms with Crippen LogP contribution in [0, 0.1) is 0 Å². The number of nitrogens with zero attached hydrogens (tertiary/aromatic N) is 1. The molecule has 1 N–H and O–H groups in total. The summed E-state index contributed by atoms with van der Waals surface area (Å²) in [7, 11) is 0. The minimum atomic E-state index is 0.236. The molecule has 1 unspecified atom stereocenters. The molecule has 2 nitrogen and oxygen atoms in total. The molecule has 18 heavy (non-hydrogen) atoms. The second-order valence-electron chi connectivity index (χ2n) is 4.01. The van der Waals surface area contributed by atoms with Gasteiger partial charge in [-0.25, -0.2) is 4.98 Å². The summed E-state index contributed by atoms with van der Waals surface area (Å²) in [5.74, 6) is 0. The zero-order valence-corrected chi connectivity index (χ0v) is 12.4. The molecule has 0 bridgehead atoms. The van der Waals surface area contributed by atoms with Gasteiger partial charge in [-0.05, 0) is 34.0 Å². The second kappa shape index (κ2) is 6.21. The highest BCUT2D eigenvalue weighted by atomic mass is 79.9. The van der Waals surface area contributed by atoms with Crippen LogP contribution in [0.2, 0.25) is 5.15 Å². The smallest absolute Gasteiger partial charge is 0.152 e. The molecule has 0 radical (unpaired) electrons. The van der Waals surface area contributed by atoms with Gasteiger partial charge in [-0.1, -0.05) is 48.9 Å². The molecule has 1 heterocycles. The zero-order chi connectivity index (χ0) is 13.0. The normalized spacial score (nSPS) is 12.2. The molecule has 0 saturated heterocycles. The van der Waals surface area contributed by atoms with E-state index in [1.807, 2.05) is 24.3 Å². The Morgan fingerprint density at radius 2 is 2.06 bits per heavy atom. The molecule has 0 aliphatic rings. The van der Waals surface area contributed by atoms with E-state index in [1.165, 1.54) is 5.56 Å². The van der Waals surface area contributed by atoms with Crippen molar-refractivity contribution in [3.8, 4) is 0 Å². The fourth-order valence-electron chi connectivity index (χ4n) is 1.82. The molecule has 1 aromatic heterocycles. The Kier molecular flexibility index (Phi) is 4.61. The van der Waals surface area contributed by atoms with Gasteiger partial charge in [-0.15, -0.1) is 0 Å². The molecule has 1 aromatic carbocycles. The van der Waals surface area contributed by atoms with Crippen molar-refractivity contribution in [2.75, 3.05) is 5.32 Å². The Hall–Kier alpha value is -1.06. The van der Waals surface area contributed by atoms with Crippen LogP contribution in [0.3, 0.4) is 0 Å². The van der Waals surface area contributed by atoms with Gasteiger partial charge in [0.1, 0.15) is 0 Å². The highest BCUT2D eigenvalue weighted by Crippen LogP contribution is 2.28. The molecule has 4 heteroatoms. The van der Waals surface area contributed by atoms with Crippen molar-refractivity contribution in [2.45, 2.75) is 19.4 Å². The standard InChI is InChI=1S/C14H14BrClN2/c1-2-12(10-6-4-3-5-7-10)18-13-8-11(15)9-17-14(13)16/h3-9,12,18H,2H2,1H3. The van der Waals surface area contributed by atoms with E-state index in [9.17, 15) is 0 Å². The molecular weight excluding hydrogens is 312 g/mol. The van der Waals surface area contributed by atoms with E-state index in [0.29, 0.717) is 5.15 Å². The molecule has 0 aliphatic carbocycles. The molecule has 2 aromatic rings. The van der Waals surface area contributed by atoms with Crippen molar-refractivity contribution < 1.29 is 0 Å². The molecule has 0 aliphatic heterocycles. The Bertz CT molecular complexity index is 516. The number of anilines is 1. The Labute approximate surface area is 121 Å². The van der Waals surface area contributed by atoms with E-state index in [-0.39, 0.29) is 6.04 Å². The van der Waals surface area contributed by atoms with Crippen molar-refractivity contribution in [1.82, 2.24) is 4.98 Å². The van der Waals surface area contributed by atoms with E-state index in [4.69, 9.17) is 11.6 Å². The molecule has 94 valence electrons. The molecule has 0 amide bonds. The van der Waals surface area contributed by atoms with Gasteiger partial charge in [0, 0.05) is 10.7 Å². The van der Waals surface area contributed by atoms with E-state index in [2.05, 4.69) is 45.3 Å². The van der Waals surface area contributed by atoms with Crippen molar-refractivity contribution in [1.29, 1.82) is 0 Å². The quantitative estimate of drug-likeness (QED) is 0.795. The van der Waals surface area contributed by atoms with Crippen LogP contribution >= 0.6 is 27.5 Å². The molecular formula is C14H14BrClN2. The average molecular weight is 326 g/mol. The van der Waals surface area contributed by atoms with Gasteiger partial charge in [0.15, 0.2) is 5.15 Å². The van der Waals surface area contributed by atoms with E-state index >= 15 is 0 Å². The summed E-state index contributed by atoms with van der Waals surface area (Å²) in [6.45, 7) is 2.14. The first-order chi connectivity index (χ1) is 8.70. The summed E-state index contributed by atoms with van der Waals surface area (Å²) in [5, 5.41) is 3.92. The lowest BCUT2D eigenvalue weighted by Crippen LogP contribution is -2.10. The highest BCUT2D eigenvalue weighted by molar-refractivity contribution is 9.10. The molecule has 1 atom stereocenters. The van der Waals surface area contributed by atoms with Crippen LogP contribution in [0.1, 0.15) is 24.9 Å². The van der Waals surface area contributed by atoms with Gasteiger partial charge in [0.2, 0.25) is 0 Å². The van der Waals surface area contributed by atoms with Gasteiger partial charge < -0.3 is 5.32 Å². The number of nitrogens with one attached hydrogen (secondary N) is 1. The van der Waals surface area contributed by atoms with Crippen LogP contribution in [-0.2, 0) is 0 Å². The number of aromatic nitrogens is 1. The van der Waals surface area contributed by atoms with Crippen LogP contribution in [0.15, 0.2) is 47.1 Å². The van der Waals surface area contributed by atoms with Crippen molar-refractivity contribution in [3.05, 3.63) is 57.8 Å². The number of pyridine rings is 1. The molecule has 0 saturated carbocycles. The fourth-order valence-corrected chi connectivity index (χ4v) is 2.31. The SMILES string of the molecule is CCC(Nc1cc(Br)cnc1Cl)c1ccccc1. The number of benzene rings is 1. The first-order valence-corrected chi connectivity index (χ1v) is 7.00. The number of hydrogen-bond acceptors (Lipinski definition) is 2. The summed E-state index contributed by atoms with van der Waals surface area (Å²) in [4.78, 5) is 4.12. The second-order valence-corrected chi connectivity index (χ2v) is 5.28. The summed E-state index contributed by atoms with van der Waals surface area (Å²) < 4.78 is 0.914. The monoisotopic (exact) mass is 324 g/mol. The predicted octanol–water partition coefficient (Wildman–Crippen LogP) is 5.06. The lowest BCUT2D eigenvalue weighted by molar-refractivity contribution is 0.748. The first-order valence-electron chi connectivity index (χ1n) is 5.83. The summed E-state index contributed by atoms with van der Waals surface area (Å²) in [6, 6.07) is 12.5. The van der Waals surface area contributed by atoms with E-state index < -0.39 is 0 Å². The average Bonchev–Trinajstić information content (AvgIpc) is 2.41. The summed E-state index contributed by atoms with van der Waals surface area (Å²) in [5.41, 5.74) is 2.10. The van der Waals surface area contributed by atoms with E-state index in [1.54, 1.807) is 6.20 Å². The van der Waals surface area contributed by atoms with Gasteiger partial charge >= 0.3 is 0 Å². The third-order valence-corrected chi connectivity index (χ3v) is 3.48. The lowest BCUT2D eigenvalue weighted by Gasteiger charge is -2.19. The van der Waals surface area contributed by atoms with Gasteiger partial charge in [0.25, 0.3) is 0 Å². The fraction of sp³-hybridized carbons (Fsp3) is 0.214. The first kappa shape index (κ1) is 13.4. The zero-order valence-electron chi connectivity index (χ0n) is 10.0. The lowest BCUT2D eigenvalue weighted by atomic mass is 10.0. The number of rotatable bonds is 4. The van der Waals surface area contributed by atoms with Crippen molar-refractivity contribution >= 4 is 33.2 Å². The molecule has 0 fully saturated rings. The van der Waals surface area contributed by atoms with Crippen LogP contribution in [-0.4, -0.2) is 4.98 Å². The van der Waals surface area contributed by atoms with Gasteiger partial charge in [0.05, 0.1) is 11.7 Å². The Morgan fingerprint density at radius 3 is 2.72 bits per heavy atom. The predicted molar refractivity (Wildman–Crippen MR) is 80.0 cm³/mol.